The molecule has 4 N–H and O–H groups in total. The highest BCUT2D eigenvalue weighted by Crippen LogP contribution is 2.62. The number of nitrogens with two attached hydrogens (primary N) is 1. The molecule has 47 heavy (non-hydrogen) atoms. The zero-order valence-electron chi connectivity index (χ0n) is 26.9. The molecule has 230 valence electrons. The van der Waals surface area contributed by atoms with Crippen LogP contribution in [-0.4, -0.2) is 13.6 Å². The average Bonchev–Trinajstić information content (AvgIpc) is 3.59. The van der Waals surface area contributed by atoms with Gasteiger partial charge in [-0.2, -0.15) is 0 Å². The minimum Gasteiger partial charge on any atom is -0.398 e. The topological polar surface area (TPSA) is 50.1 Å². The summed E-state index contributed by atoms with van der Waals surface area (Å²) in [5.74, 6) is 0. The van der Waals surface area contributed by atoms with Gasteiger partial charge in [-0.1, -0.05) is 115 Å². The van der Waals surface area contributed by atoms with E-state index in [2.05, 4.69) is 132 Å². The van der Waals surface area contributed by atoms with Crippen LogP contribution in [0.1, 0.15) is 70.2 Å². The largest absolute Gasteiger partial charge is 0.398 e. The van der Waals surface area contributed by atoms with Gasteiger partial charge >= 0.3 is 0 Å². The first-order valence-corrected chi connectivity index (χ1v) is 17.0. The fraction of sp³-hybridized carbons (Fsp3) is 0.182. The average molecular weight is 610 g/mol. The van der Waals surface area contributed by atoms with Gasteiger partial charge in [-0.3, -0.25) is 0 Å². The third-order valence-corrected chi connectivity index (χ3v) is 10.9. The fourth-order valence-corrected chi connectivity index (χ4v) is 8.91. The highest BCUT2D eigenvalue weighted by Gasteiger charge is 2.51. The van der Waals surface area contributed by atoms with Crippen LogP contribution in [0.5, 0.6) is 0 Å². The first-order valence-electron chi connectivity index (χ1n) is 17.0. The van der Waals surface area contributed by atoms with E-state index in [0.717, 1.165) is 31.5 Å². The molecule has 0 aromatic heterocycles. The zero-order valence-corrected chi connectivity index (χ0v) is 26.9. The number of hydrogen-bond donors (Lipinski definition) is 3. The monoisotopic (exact) mass is 609 g/mol. The number of benzene rings is 5. The number of nitrogens with one attached hydrogen (secondary N) is 2. The van der Waals surface area contributed by atoms with Crippen LogP contribution in [0.25, 0.3) is 34.4 Å². The van der Waals surface area contributed by atoms with Crippen molar-refractivity contribution >= 4 is 17.8 Å². The molecule has 4 aliphatic rings. The lowest BCUT2D eigenvalue weighted by atomic mass is 9.70. The Labute approximate surface area is 277 Å². The molecule has 0 unspecified atom stereocenters. The summed E-state index contributed by atoms with van der Waals surface area (Å²) < 4.78 is 0. The molecule has 3 aliphatic carbocycles. The van der Waals surface area contributed by atoms with Crippen molar-refractivity contribution < 1.29 is 0 Å². The molecule has 0 radical (unpaired) electrons. The van der Waals surface area contributed by atoms with Crippen LogP contribution in [0.4, 0.5) is 5.69 Å². The van der Waals surface area contributed by atoms with E-state index in [0.29, 0.717) is 0 Å². The number of allylic oxidation sites excluding steroid dienone is 2. The third-order valence-electron chi connectivity index (χ3n) is 10.9. The summed E-state index contributed by atoms with van der Waals surface area (Å²) in [6.07, 6.45) is 12.0. The molecule has 0 atom stereocenters. The molecule has 3 heteroatoms. The Morgan fingerprint density at radius 3 is 2.09 bits per heavy atom. The Morgan fingerprint density at radius 2 is 1.40 bits per heavy atom. The molecule has 1 heterocycles. The molecule has 3 nitrogen and oxygen atoms in total. The quantitative estimate of drug-likeness (QED) is 0.182. The molecule has 5 aromatic rings. The first-order chi connectivity index (χ1) is 23.2. The van der Waals surface area contributed by atoms with Gasteiger partial charge in [-0.15, -0.1) is 0 Å². The van der Waals surface area contributed by atoms with Crippen molar-refractivity contribution in [3.05, 3.63) is 171 Å². The Hall–Kier alpha value is -5.28. The predicted molar refractivity (Wildman–Crippen MR) is 196 cm³/mol. The van der Waals surface area contributed by atoms with Crippen molar-refractivity contribution in [1.29, 1.82) is 0 Å². The van der Waals surface area contributed by atoms with Crippen molar-refractivity contribution in [2.45, 2.75) is 37.5 Å². The normalized spacial score (nSPS) is 16.7. The van der Waals surface area contributed by atoms with Crippen molar-refractivity contribution in [3.8, 4) is 22.3 Å². The van der Waals surface area contributed by atoms with Crippen LogP contribution in [-0.2, 0) is 11.8 Å². The van der Waals surface area contributed by atoms with Crippen LogP contribution in [0.3, 0.4) is 0 Å². The lowest BCUT2D eigenvalue weighted by molar-refractivity contribution is 0.643. The lowest BCUT2D eigenvalue weighted by Gasteiger charge is -2.30. The van der Waals surface area contributed by atoms with E-state index in [9.17, 15) is 0 Å². The standard InChI is InChI=1S/C44H39N3/c1-46-42-19-9-5-15-35(42)41(45)27-30-22-21-29-11-10-24-47-43(29)36(30)25-28-20-23-34-33-14-4-8-18-39(33)44(40(34)26-28)37-16-6-2-12-31(37)32-13-3-7-17-38(32)44/h2-4,6-8,10-14,16-18,20-23,26-27,46-47H,5,9,15,19,24-25,45H2,1H3/b41-27-. The molecule has 1 aliphatic heterocycles. The Balaban J connectivity index is 1.22. The smallest absolute Gasteiger partial charge is 0.0725 e. The fourth-order valence-electron chi connectivity index (χ4n) is 8.91. The van der Waals surface area contributed by atoms with Gasteiger partial charge in [0.05, 0.1) is 5.41 Å². The molecule has 9 rings (SSSR count). The number of fused-ring (bicyclic) bond motifs is 11. The van der Waals surface area contributed by atoms with E-state index in [1.807, 2.05) is 7.05 Å². The molecule has 1 spiro atoms. The van der Waals surface area contributed by atoms with E-state index in [1.165, 1.54) is 96.6 Å². The molecule has 0 saturated carbocycles. The second-order valence-corrected chi connectivity index (χ2v) is 13.3. The van der Waals surface area contributed by atoms with Crippen molar-refractivity contribution in [2.24, 2.45) is 5.73 Å². The van der Waals surface area contributed by atoms with E-state index >= 15 is 0 Å². The Morgan fingerprint density at radius 1 is 0.766 bits per heavy atom. The number of rotatable bonds is 5. The van der Waals surface area contributed by atoms with E-state index in [4.69, 9.17) is 5.73 Å². The zero-order chi connectivity index (χ0) is 31.5. The minimum absolute atomic E-state index is 0.337. The SMILES string of the molecule is CNC1=C(/C(N)=C/c2ccc3c(c2Cc2ccc4c(c2)C2(c5ccccc5-c5ccccc52)c2ccccc2-4)NCC=C3)CCCC1. The van der Waals surface area contributed by atoms with Crippen LogP contribution >= 0.6 is 0 Å². The van der Waals surface area contributed by atoms with E-state index in [1.54, 1.807) is 0 Å². The molecule has 0 bridgehead atoms. The number of anilines is 1. The van der Waals surface area contributed by atoms with Gasteiger partial charge in [0.15, 0.2) is 0 Å². The molecular formula is C44H39N3. The lowest BCUT2D eigenvalue weighted by Crippen LogP contribution is -2.26. The number of hydrogen-bond acceptors (Lipinski definition) is 3. The van der Waals surface area contributed by atoms with Crippen LogP contribution in [0.15, 0.2) is 126 Å². The highest BCUT2D eigenvalue weighted by atomic mass is 14.9. The maximum atomic E-state index is 6.91. The summed E-state index contributed by atoms with van der Waals surface area (Å²) in [5.41, 5.74) is 27.1. The highest BCUT2D eigenvalue weighted by molar-refractivity contribution is 5.95. The molecule has 5 aromatic carbocycles. The molecule has 0 saturated heterocycles. The maximum Gasteiger partial charge on any atom is 0.0725 e. The minimum atomic E-state index is -0.337. The maximum absolute atomic E-state index is 6.91. The van der Waals surface area contributed by atoms with Crippen LogP contribution in [0, 0.1) is 0 Å². The summed E-state index contributed by atoms with van der Waals surface area (Å²) >= 11 is 0. The van der Waals surface area contributed by atoms with Gasteiger partial charge in [-0.05, 0) is 104 Å². The van der Waals surface area contributed by atoms with E-state index in [-0.39, 0.29) is 5.41 Å². The molecule has 0 amide bonds. The van der Waals surface area contributed by atoms with Crippen molar-refractivity contribution in [1.82, 2.24) is 5.32 Å². The summed E-state index contributed by atoms with van der Waals surface area (Å²) in [6.45, 7) is 0.827. The summed E-state index contributed by atoms with van der Waals surface area (Å²) in [7, 11) is 2.02. The van der Waals surface area contributed by atoms with Gasteiger partial charge in [0.25, 0.3) is 0 Å². The molecule has 0 fully saturated rings. The first kappa shape index (κ1) is 28.0. The van der Waals surface area contributed by atoms with E-state index < -0.39 is 0 Å². The van der Waals surface area contributed by atoms with Crippen LogP contribution < -0.4 is 16.4 Å². The van der Waals surface area contributed by atoms with Crippen molar-refractivity contribution in [2.75, 3.05) is 18.9 Å². The van der Waals surface area contributed by atoms with Crippen molar-refractivity contribution in [3.63, 3.8) is 0 Å². The third kappa shape index (κ3) is 4.12. The van der Waals surface area contributed by atoms with Gasteiger partial charge in [0, 0.05) is 37.1 Å². The van der Waals surface area contributed by atoms with Gasteiger partial charge in [0.1, 0.15) is 0 Å². The van der Waals surface area contributed by atoms with Gasteiger partial charge in [-0.25, -0.2) is 0 Å². The molecular weight excluding hydrogens is 571 g/mol. The van der Waals surface area contributed by atoms with Gasteiger partial charge < -0.3 is 16.4 Å². The summed E-state index contributed by atoms with van der Waals surface area (Å²) in [6, 6.07) is 38.8. The Bertz CT molecular complexity index is 2120. The summed E-state index contributed by atoms with van der Waals surface area (Å²) in [4.78, 5) is 0. The predicted octanol–water partition coefficient (Wildman–Crippen LogP) is 9.41. The summed E-state index contributed by atoms with van der Waals surface area (Å²) in [5, 5.41) is 7.16. The second-order valence-electron chi connectivity index (χ2n) is 13.3. The van der Waals surface area contributed by atoms with Crippen LogP contribution in [0.2, 0.25) is 0 Å². The Kier molecular flexibility index (Phi) is 6.50. The van der Waals surface area contributed by atoms with Gasteiger partial charge in [0.2, 0.25) is 0 Å². The second kappa shape index (κ2) is 10.9.